The zero-order chi connectivity index (χ0) is 15.3. The lowest BCUT2D eigenvalue weighted by Gasteiger charge is -2.36. The van der Waals surface area contributed by atoms with Gasteiger partial charge in [-0.3, -0.25) is 4.79 Å². The topological polar surface area (TPSA) is 56.8 Å². The lowest BCUT2D eigenvalue weighted by Crippen LogP contribution is -2.53. The molecule has 0 atom stereocenters. The van der Waals surface area contributed by atoms with Crippen molar-refractivity contribution in [3.63, 3.8) is 0 Å². The number of methoxy groups -OCH3 is 2. The fourth-order valence-electron chi connectivity index (χ4n) is 2.35. The number of nitrogens with one attached hydrogen (secondary N) is 1. The Morgan fingerprint density at radius 1 is 1.33 bits per heavy atom. The zero-order valence-electron chi connectivity index (χ0n) is 12.3. The molecule has 0 aromatic heterocycles. The highest BCUT2D eigenvalue weighted by molar-refractivity contribution is 9.09. The first-order chi connectivity index (χ1) is 10.1. The summed E-state index contributed by atoms with van der Waals surface area (Å²) < 4.78 is 15.8. The van der Waals surface area contributed by atoms with E-state index < -0.39 is 0 Å². The normalized spacial score (nSPS) is 17.1. The van der Waals surface area contributed by atoms with Gasteiger partial charge in [0.2, 0.25) is 0 Å². The van der Waals surface area contributed by atoms with Crippen molar-refractivity contribution in [3.8, 4) is 11.5 Å². The first kappa shape index (κ1) is 16.1. The summed E-state index contributed by atoms with van der Waals surface area (Å²) in [5, 5.41) is 3.83. The predicted molar refractivity (Wildman–Crippen MR) is 83.6 cm³/mol. The Morgan fingerprint density at radius 3 is 2.62 bits per heavy atom. The van der Waals surface area contributed by atoms with Crippen LogP contribution in [0.15, 0.2) is 18.2 Å². The minimum Gasteiger partial charge on any atom is -0.497 e. The van der Waals surface area contributed by atoms with Crippen molar-refractivity contribution in [1.29, 1.82) is 0 Å². The first-order valence-electron chi connectivity index (χ1n) is 6.82. The molecule has 1 fully saturated rings. The molecule has 1 saturated heterocycles. The Bertz CT molecular complexity index is 500. The first-order valence-corrected chi connectivity index (χ1v) is 7.94. The Morgan fingerprint density at radius 2 is 2.05 bits per heavy atom. The standard InChI is InChI=1S/C15H20BrNO4/c1-19-11-3-4-12(13(9-11)20-2)14(18)17-15(10-16)5-7-21-8-6-15/h3-4,9H,5-8,10H2,1-2H3,(H,17,18). The second kappa shape index (κ2) is 7.13. The quantitative estimate of drug-likeness (QED) is 0.822. The van der Waals surface area contributed by atoms with Gasteiger partial charge in [0.25, 0.3) is 5.91 Å². The Labute approximate surface area is 133 Å². The highest BCUT2D eigenvalue weighted by atomic mass is 79.9. The molecule has 1 amide bonds. The van der Waals surface area contributed by atoms with E-state index >= 15 is 0 Å². The predicted octanol–water partition coefficient (Wildman–Crippen LogP) is 2.38. The monoisotopic (exact) mass is 357 g/mol. The second-order valence-corrected chi connectivity index (χ2v) is 5.61. The number of ether oxygens (including phenoxy) is 3. The molecule has 116 valence electrons. The van der Waals surface area contributed by atoms with Gasteiger partial charge in [-0.2, -0.15) is 0 Å². The van der Waals surface area contributed by atoms with Gasteiger partial charge in [0.05, 0.1) is 25.3 Å². The average Bonchev–Trinajstić information content (AvgIpc) is 2.54. The van der Waals surface area contributed by atoms with Crippen molar-refractivity contribution in [2.75, 3.05) is 32.8 Å². The van der Waals surface area contributed by atoms with Crippen molar-refractivity contribution >= 4 is 21.8 Å². The molecule has 5 nitrogen and oxygen atoms in total. The van der Waals surface area contributed by atoms with Crippen LogP contribution < -0.4 is 14.8 Å². The fraction of sp³-hybridized carbons (Fsp3) is 0.533. The Hall–Kier alpha value is -1.27. The molecule has 6 heteroatoms. The van der Waals surface area contributed by atoms with Crippen molar-refractivity contribution in [2.45, 2.75) is 18.4 Å². The van der Waals surface area contributed by atoms with E-state index in [0.29, 0.717) is 35.6 Å². The Kier molecular flexibility index (Phi) is 5.47. The van der Waals surface area contributed by atoms with Crippen LogP contribution in [0, 0.1) is 0 Å². The van der Waals surface area contributed by atoms with Crippen LogP contribution >= 0.6 is 15.9 Å². The maximum atomic E-state index is 12.6. The Balaban J connectivity index is 2.19. The van der Waals surface area contributed by atoms with Gasteiger partial charge in [0, 0.05) is 24.6 Å². The average molecular weight is 358 g/mol. The smallest absolute Gasteiger partial charge is 0.255 e. The van der Waals surface area contributed by atoms with E-state index in [0.717, 1.165) is 12.8 Å². The number of carbonyl (C=O) groups excluding carboxylic acids is 1. The molecule has 1 aromatic rings. The van der Waals surface area contributed by atoms with Crippen LogP contribution in [0.4, 0.5) is 0 Å². The molecule has 0 saturated carbocycles. The van der Waals surface area contributed by atoms with Crippen LogP contribution in [0.2, 0.25) is 0 Å². The number of amides is 1. The molecule has 1 aliphatic rings. The van der Waals surface area contributed by atoms with E-state index in [1.807, 2.05) is 0 Å². The number of halogens is 1. The lowest BCUT2D eigenvalue weighted by atomic mass is 9.92. The molecule has 1 aromatic carbocycles. The summed E-state index contributed by atoms with van der Waals surface area (Å²) in [5.41, 5.74) is 0.241. The third-order valence-corrected chi connectivity index (χ3v) is 4.81. The number of rotatable bonds is 5. The van der Waals surface area contributed by atoms with Gasteiger partial charge in [-0.05, 0) is 25.0 Å². The van der Waals surface area contributed by atoms with E-state index in [4.69, 9.17) is 14.2 Å². The van der Waals surface area contributed by atoms with Gasteiger partial charge in [-0.25, -0.2) is 0 Å². The SMILES string of the molecule is COc1ccc(C(=O)NC2(CBr)CCOCC2)c(OC)c1. The third kappa shape index (κ3) is 3.68. The van der Waals surface area contributed by atoms with E-state index in [-0.39, 0.29) is 11.4 Å². The highest BCUT2D eigenvalue weighted by Crippen LogP contribution is 2.27. The van der Waals surface area contributed by atoms with Crippen LogP contribution in [-0.4, -0.2) is 44.2 Å². The van der Waals surface area contributed by atoms with Crippen molar-refractivity contribution in [2.24, 2.45) is 0 Å². The van der Waals surface area contributed by atoms with Crippen molar-refractivity contribution < 1.29 is 19.0 Å². The minimum atomic E-state index is -0.264. The summed E-state index contributed by atoms with van der Waals surface area (Å²) in [6.07, 6.45) is 1.59. The molecule has 0 unspecified atom stereocenters. The van der Waals surface area contributed by atoms with Crippen molar-refractivity contribution in [3.05, 3.63) is 23.8 Å². The summed E-state index contributed by atoms with van der Waals surface area (Å²) in [7, 11) is 3.12. The van der Waals surface area contributed by atoms with Crippen LogP contribution in [0.3, 0.4) is 0 Å². The summed E-state index contributed by atoms with van der Waals surface area (Å²) in [5.74, 6) is 1.02. The molecule has 1 N–H and O–H groups in total. The lowest BCUT2D eigenvalue weighted by molar-refractivity contribution is 0.0441. The molecule has 21 heavy (non-hydrogen) atoms. The number of hydrogen-bond acceptors (Lipinski definition) is 4. The fourth-order valence-corrected chi connectivity index (χ4v) is 3.05. The van der Waals surface area contributed by atoms with Gasteiger partial charge in [-0.1, -0.05) is 15.9 Å². The summed E-state index contributed by atoms with van der Waals surface area (Å²) in [4.78, 5) is 12.6. The molecular weight excluding hydrogens is 338 g/mol. The maximum absolute atomic E-state index is 12.6. The van der Waals surface area contributed by atoms with Gasteiger partial charge in [-0.15, -0.1) is 0 Å². The molecule has 0 spiro atoms. The number of carbonyl (C=O) groups is 1. The van der Waals surface area contributed by atoms with E-state index in [1.54, 1.807) is 32.4 Å². The second-order valence-electron chi connectivity index (χ2n) is 5.05. The van der Waals surface area contributed by atoms with Gasteiger partial charge < -0.3 is 19.5 Å². The van der Waals surface area contributed by atoms with Crippen LogP contribution in [-0.2, 0) is 4.74 Å². The summed E-state index contributed by atoms with van der Waals surface area (Å²) >= 11 is 3.51. The molecule has 2 rings (SSSR count). The maximum Gasteiger partial charge on any atom is 0.255 e. The molecule has 0 bridgehead atoms. The number of alkyl halides is 1. The highest BCUT2D eigenvalue weighted by Gasteiger charge is 2.33. The minimum absolute atomic E-state index is 0.143. The zero-order valence-corrected chi connectivity index (χ0v) is 13.9. The molecule has 0 radical (unpaired) electrons. The summed E-state index contributed by atoms with van der Waals surface area (Å²) in [6, 6.07) is 5.18. The van der Waals surface area contributed by atoms with Gasteiger partial charge in [0.15, 0.2) is 0 Å². The van der Waals surface area contributed by atoms with Crippen LogP contribution in [0.1, 0.15) is 23.2 Å². The van der Waals surface area contributed by atoms with Crippen LogP contribution in [0.5, 0.6) is 11.5 Å². The van der Waals surface area contributed by atoms with Crippen LogP contribution in [0.25, 0.3) is 0 Å². The molecule has 1 aliphatic heterocycles. The molecule has 1 heterocycles. The van der Waals surface area contributed by atoms with Gasteiger partial charge in [0.1, 0.15) is 11.5 Å². The third-order valence-electron chi connectivity index (χ3n) is 3.74. The van der Waals surface area contributed by atoms with E-state index in [9.17, 15) is 4.79 Å². The van der Waals surface area contributed by atoms with E-state index in [2.05, 4.69) is 21.2 Å². The van der Waals surface area contributed by atoms with Gasteiger partial charge >= 0.3 is 0 Å². The van der Waals surface area contributed by atoms with E-state index in [1.165, 1.54) is 0 Å². The number of hydrogen-bond donors (Lipinski definition) is 1. The summed E-state index contributed by atoms with van der Waals surface area (Å²) in [6.45, 7) is 1.32. The largest absolute Gasteiger partial charge is 0.497 e. The molecule has 0 aliphatic carbocycles. The number of benzene rings is 1. The molecular formula is C15H20BrNO4. The van der Waals surface area contributed by atoms with Crippen molar-refractivity contribution in [1.82, 2.24) is 5.32 Å².